The molecule has 0 saturated heterocycles. The number of nitrogens with zero attached hydrogens (tertiary/aromatic N) is 2. The first-order valence-corrected chi connectivity index (χ1v) is 3.06. The fourth-order valence-electron chi connectivity index (χ4n) is 0.763. The molecule has 0 amide bonds. The quantitative estimate of drug-likeness (QED) is 0.618. The van der Waals surface area contributed by atoms with Crippen LogP contribution in [0.3, 0.4) is 0 Å². The van der Waals surface area contributed by atoms with Gasteiger partial charge in [0, 0.05) is 6.07 Å². The van der Waals surface area contributed by atoms with E-state index in [1.807, 2.05) is 0 Å². The number of rotatable bonds is 1. The summed E-state index contributed by atoms with van der Waals surface area (Å²) in [6.45, 7) is 0. The Labute approximate surface area is 67.5 Å². The number of phenols is 1. The predicted molar refractivity (Wildman–Crippen MR) is 39.8 cm³/mol. The summed E-state index contributed by atoms with van der Waals surface area (Å²) in [5, 5.41) is 25.8. The average Bonchev–Trinajstić information content (AvgIpc) is 2.03. The largest absolute Gasteiger partial charge is 0.507 e. The Kier molecular flexibility index (Phi) is 1.92. The molecule has 0 saturated carbocycles. The van der Waals surface area contributed by atoms with Gasteiger partial charge in [0.15, 0.2) is 4.98 Å². The van der Waals surface area contributed by atoms with Crippen molar-refractivity contribution in [2.24, 2.45) is 0 Å². The fourth-order valence-corrected chi connectivity index (χ4v) is 0.763. The molecule has 0 aromatic heterocycles. The van der Waals surface area contributed by atoms with Gasteiger partial charge in [-0.05, 0) is 6.07 Å². The molecule has 0 fully saturated rings. The molecule has 0 aliphatic heterocycles. The third-order valence-electron chi connectivity index (χ3n) is 1.33. The van der Waals surface area contributed by atoms with Crippen LogP contribution in [0.2, 0.25) is 0 Å². The van der Waals surface area contributed by atoms with Gasteiger partial charge in [-0.25, -0.2) is 4.79 Å². The van der Waals surface area contributed by atoms with Crippen LogP contribution in [0, 0.1) is 5.39 Å². The summed E-state index contributed by atoms with van der Waals surface area (Å²) in [5.41, 5.74) is -0.111. The van der Waals surface area contributed by atoms with Crippen LogP contribution in [0.15, 0.2) is 18.2 Å². The van der Waals surface area contributed by atoms with E-state index in [1.165, 1.54) is 6.07 Å². The highest BCUT2D eigenvalue weighted by molar-refractivity contribution is 5.91. The number of hydrogen-bond donors (Lipinski definition) is 2. The molecule has 2 N–H and O–H groups in total. The van der Waals surface area contributed by atoms with Gasteiger partial charge in [0.2, 0.25) is 5.39 Å². The summed E-state index contributed by atoms with van der Waals surface area (Å²) >= 11 is 0. The Bertz CT molecular complexity index is 367. The second-order valence-corrected chi connectivity index (χ2v) is 2.11. The van der Waals surface area contributed by atoms with Crippen LogP contribution < -0.4 is 0 Å². The van der Waals surface area contributed by atoms with Crippen molar-refractivity contribution >= 4 is 11.7 Å². The fraction of sp³-hybridized carbons (Fsp3) is 0. The van der Waals surface area contributed by atoms with Crippen LogP contribution in [0.5, 0.6) is 5.75 Å². The molecule has 5 heteroatoms. The molecule has 0 aliphatic rings. The number of carbonyl (C=O) groups is 1. The maximum atomic E-state index is 10.4. The highest BCUT2D eigenvalue weighted by atomic mass is 16.4. The summed E-state index contributed by atoms with van der Waals surface area (Å²) in [6, 6.07) is 3.50. The summed E-state index contributed by atoms with van der Waals surface area (Å²) in [4.78, 5) is 13.1. The van der Waals surface area contributed by atoms with Crippen molar-refractivity contribution in [1.29, 1.82) is 5.39 Å². The highest BCUT2D eigenvalue weighted by Crippen LogP contribution is 2.23. The van der Waals surface area contributed by atoms with Crippen molar-refractivity contribution in [3.63, 3.8) is 0 Å². The summed E-state index contributed by atoms with van der Waals surface area (Å²) in [5.74, 6) is -1.64. The molecule has 0 unspecified atom stereocenters. The monoisotopic (exact) mass is 165 g/mol. The Morgan fingerprint density at radius 3 is 2.58 bits per heavy atom. The molecular formula is C7H5N2O3+. The molecule has 12 heavy (non-hydrogen) atoms. The van der Waals surface area contributed by atoms with E-state index >= 15 is 0 Å². The molecule has 1 rings (SSSR count). The van der Waals surface area contributed by atoms with Crippen LogP contribution in [-0.2, 0) is 0 Å². The maximum Gasteiger partial charge on any atom is 0.388 e. The van der Waals surface area contributed by atoms with Gasteiger partial charge in [0.05, 0.1) is 6.07 Å². The van der Waals surface area contributed by atoms with Gasteiger partial charge in [0.1, 0.15) is 11.3 Å². The van der Waals surface area contributed by atoms with E-state index < -0.39 is 11.7 Å². The third kappa shape index (κ3) is 1.32. The summed E-state index contributed by atoms with van der Waals surface area (Å²) < 4.78 is 0. The van der Waals surface area contributed by atoms with Crippen molar-refractivity contribution in [2.45, 2.75) is 0 Å². The van der Waals surface area contributed by atoms with E-state index in [4.69, 9.17) is 15.6 Å². The van der Waals surface area contributed by atoms with E-state index in [1.54, 1.807) is 0 Å². The molecule has 60 valence electrons. The van der Waals surface area contributed by atoms with Crippen molar-refractivity contribution < 1.29 is 15.0 Å². The topological polar surface area (TPSA) is 85.7 Å². The first-order chi connectivity index (χ1) is 5.65. The van der Waals surface area contributed by atoms with E-state index in [2.05, 4.69) is 4.98 Å². The Morgan fingerprint density at radius 2 is 2.17 bits per heavy atom. The lowest BCUT2D eigenvalue weighted by atomic mass is 10.2. The Balaban J connectivity index is 3.23. The molecule has 1 aromatic rings. The van der Waals surface area contributed by atoms with Gasteiger partial charge in [-0.1, -0.05) is 0 Å². The molecule has 0 bridgehead atoms. The maximum absolute atomic E-state index is 10.4. The average molecular weight is 165 g/mol. The Hall–Kier alpha value is -2.09. The molecule has 0 atom stereocenters. The van der Waals surface area contributed by atoms with Crippen molar-refractivity contribution in [1.82, 2.24) is 0 Å². The molecule has 1 aromatic carbocycles. The van der Waals surface area contributed by atoms with Gasteiger partial charge in [-0.2, -0.15) is 0 Å². The van der Waals surface area contributed by atoms with E-state index in [0.29, 0.717) is 0 Å². The van der Waals surface area contributed by atoms with Crippen LogP contribution in [0.4, 0.5) is 5.69 Å². The van der Waals surface area contributed by atoms with E-state index in [0.717, 1.165) is 12.1 Å². The zero-order valence-electron chi connectivity index (χ0n) is 5.93. The second-order valence-electron chi connectivity index (χ2n) is 2.11. The van der Waals surface area contributed by atoms with Gasteiger partial charge < -0.3 is 10.2 Å². The van der Waals surface area contributed by atoms with Gasteiger partial charge in [-0.15, -0.1) is 0 Å². The van der Waals surface area contributed by atoms with E-state index in [9.17, 15) is 4.79 Å². The van der Waals surface area contributed by atoms with Crippen LogP contribution in [-0.4, -0.2) is 16.2 Å². The van der Waals surface area contributed by atoms with Gasteiger partial charge in [-0.3, -0.25) is 0 Å². The molecule has 0 radical (unpaired) electrons. The lowest BCUT2D eigenvalue weighted by molar-refractivity contribution is 0.0694. The molecule has 0 aliphatic carbocycles. The summed E-state index contributed by atoms with van der Waals surface area (Å²) in [6.07, 6.45) is 0. The molecule has 0 heterocycles. The number of diazo groups is 1. The van der Waals surface area contributed by atoms with Crippen LogP contribution in [0.1, 0.15) is 10.4 Å². The van der Waals surface area contributed by atoms with Crippen molar-refractivity contribution in [3.05, 3.63) is 28.7 Å². The number of aromatic carboxylic acids is 1. The SMILES string of the molecule is N#[N+]c1ccc(C(=O)O)c(O)c1. The zero-order chi connectivity index (χ0) is 9.14. The minimum Gasteiger partial charge on any atom is -0.507 e. The van der Waals surface area contributed by atoms with Gasteiger partial charge in [0.25, 0.3) is 0 Å². The molecule has 5 nitrogen and oxygen atoms in total. The summed E-state index contributed by atoms with van der Waals surface area (Å²) in [7, 11) is 0. The lowest BCUT2D eigenvalue weighted by Gasteiger charge is -1.93. The van der Waals surface area contributed by atoms with Crippen molar-refractivity contribution in [2.75, 3.05) is 0 Å². The van der Waals surface area contributed by atoms with Crippen LogP contribution >= 0.6 is 0 Å². The first kappa shape index (κ1) is 8.01. The minimum atomic E-state index is -1.23. The van der Waals surface area contributed by atoms with Crippen molar-refractivity contribution in [3.8, 4) is 5.75 Å². The smallest absolute Gasteiger partial charge is 0.388 e. The number of carboxylic acids is 1. The Morgan fingerprint density at radius 1 is 1.50 bits per heavy atom. The predicted octanol–water partition coefficient (Wildman–Crippen LogP) is 1.57. The molecular weight excluding hydrogens is 160 g/mol. The number of benzene rings is 1. The lowest BCUT2D eigenvalue weighted by Crippen LogP contribution is -1.95. The number of carboxylic acid groups (broad SMARTS) is 1. The molecule has 0 spiro atoms. The normalized spacial score (nSPS) is 8.92. The van der Waals surface area contributed by atoms with E-state index in [-0.39, 0.29) is 11.3 Å². The van der Waals surface area contributed by atoms with Gasteiger partial charge >= 0.3 is 11.7 Å². The first-order valence-electron chi connectivity index (χ1n) is 3.06. The minimum absolute atomic E-state index is 0.109. The number of hydrogen-bond acceptors (Lipinski definition) is 3. The number of aromatic hydroxyl groups is 1. The zero-order valence-corrected chi connectivity index (χ0v) is 5.93. The second kappa shape index (κ2) is 2.88. The third-order valence-corrected chi connectivity index (χ3v) is 1.33. The van der Waals surface area contributed by atoms with Crippen LogP contribution in [0.25, 0.3) is 4.98 Å². The highest BCUT2D eigenvalue weighted by Gasteiger charge is 2.13. The standard InChI is InChI=1S/C7H4N2O3/c8-9-4-1-2-5(7(11)12)6(10)3-4/h1-3H,(H-,10,11,12)/p+1.